The Hall–Kier alpha value is -1.72. The van der Waals surface area contributed by atoms with Gasteiger partial charge in [0.2, 0.25) is 0 Å². The third-order valence-corrected chi connectivity index (χ3v) is 4.31. The van der Waals surface area contributed by atoms with E-state index in [0.717, 1.165) is 0 Å². The Balaban J connectivity index is 1.87. The van der Waals surface area contributed by atoms with Gasteiger partial charge in [-0.25, -0.2) is 0 Å². The first kappa shape index (κ1) is 12.3. The molecule has 102 valence electrons. The SMILES string of the molecule is O=C1OC(=O)C2CC1CCC1CC(C2)C(=O)OC1=O. The number of esters is 4. The molecule has 4 atom stereocenters. The molecule has 0 spiro atoms. The number of fused-ring (bicyclic) bond motifs is 4. The van der Waals surface area contributed by atoms with E-state index in [9.17, 15) is 19.2 Å². The van der Waals surface area contributed by atoms with Gasteiger partial charge in [0.05, 0.1) is 23.7 Å². The van der Waals surface area contributed by atoms with Crippen LogP contribution >= 0.6 is 0 Å². The van der Waals surface area contributed by atoms with Crippen molar-refractivity contribution in [2.75, 3.05) is 0 Å². The second-order valence-electron chi connectivity index (χ2n) is 5.55. The fraction of sp³-hybridized carbons (Fsp3) is 0.692. The first-order valence-corrected chi connectivity index (χ1v) is 6.55. The summed E-state index contributed by atoms with van der Waals surface area (Å²) >= 11 is 0. The Morgan fingerprint density at radius 1 is 0.579 bits per heavy atom. The fourth-order valence-corrected chi connectivity index (χ4v) is 3.21. The average molecular weight is 266 g/mol. The van der Waals surface area contributed by atoms with Gasteiger partial charge in [0.15, 0.2) is 0 Å². The number of carbonyl (C=O) groups is 4. The first-order valence-electron chi connectivity index (χ1n) is 6.55. The highest BCUT2D eigenvalue weighted by atomic mass is 16.6. The lowest BCUT2D eigenvalue weighted by molar-refractivity contribution is -0.173. The molecule has 6 heteroatoms. The molecule has 19 heavy (non-hydrogen) atoms. The van der Waals surface area contributed by atoms with Crippen LogP contribution in [0.4, 0.5) is 0 Å². The minimum Gasteiger partial charge on any atom is -0.393 e. The Kier molecular flexibility index (Phi) is 2.88. The number of ether oxygens (including phenoxy) is 2. The molecule has 1 aliphatic carbocycles. The van der Waals surface area contributed by atoms with Crippen LogP contribution in [0.5, 0.6) is 0 Å². The van der Waals surface area contributed by atoms with Crippen LogP contribution in [-0.4, -0.2) is 23.9 Å². The van der Waals surface area contributed by atoms with Crippen molar-refractivity contribution >= 4 is 23.9 Å². The number of carbonyl (C=O) groups excluding carboxylic acids is 4. The van der Waals surface area contributed by atoms with Crippen molar-refractivity contribution in [2.45, 2.75) is 32.1 Å². The standard InChI is InChI=1S/C13H14O6/c14-10-6-1-2-7-4-9(13(17)19-11(7)15)5-8(3-6)12(16)18-10/h6-9H,1-5H2. The number of rotatable bonds is 0. The first-order chi connectivity index (χ1) is 9.04. The van der Waals surface area contributed by atoms with Crippen LogP contribution in [-0.2, 0) is 28.7 Å². The highest BCUT2D eigenvalue weighted by Gasteiger charge is 2.45. The molecule has 0 N–H and O–H groups in total. The molecule has 0 aromatic carbocycles. The number of cyclic esters (lactones) is 4. The third-order valence-electron chi connectivity index (χ3n) is 4.31. The quantitative estimate of drug-likeness (QED) is 0.471. The van der Waals surface area contributed by atoms with E-state index in [1.165, 1.54) is 0 Å². The maximum Gasteiger partial charge on any atom is 0.316 e. The van der Waals surface area contributed by atoms with Crippen molar-refractivity contribution in [1.82, 2.24) is 0 Å². The van der Waals surface area contributed by atoms with Gasteiger partial charge in [-0.2, -0.15) is 0 Å². The molecule has 0 amide bonds. The van der Waals surface area contributed by atoms with E-state index >= 15 is 0 Å². The molecule has 0 aromatic heterocycles. The molecule has 4 bridgehead atoms. The maximum atomic E-state index is 11.7. The minimum atomic E-state index is -0.551. The molecule has 6 nitrogen and oxygen atoms in total. The lowest BCUT2D eigenvalue weighted by Gasteiger charge is -2.27. The third kappa shape index (κ3) is 2.15. The van der Waals surface area contributed by atoms with E-state index in [0.29, 0.717) is 32.1 Å². The van der Waals surface area contributed by atoms with Crippen molar-refractivity contribution < 1.29 is 28.7 Å². The molecule has 3 fully saturated rings. The smallest absolute Gasteiger partial charge is 0.316 e. The summed E-state index contributed by atoms with van der Waals surface area (Å²) in [5, 5.41) is 0. The van der Waals surface area contributed by atoms with E-state index in [-0.39, 0.29) is 11.8 Å². The van der Waals surface area contributed by atoms with E-state index in [2.05, 4.69) is 0 Å². The van der Waals surface area contributed by atoms with Gasteiger partial charge in [0, 0.05) is 0 Å². The Morgan fingerprint density at radius 3 is 1.32 bits per heavy atom. The van der Waals surface area contributed by atoms with E-state index in [1.54, 1.807) is 0 Å². The predicted octanol–water partition coefficient (Wildman–Crippen LogP) is 0.582. The van der Waals surface area contributed by atoms with Gasteiger partial charge >= 0.3 is 23.9 Å². The summed E-state index contributed by atoms with van der Waals surface area (Å²) in [5.74, 6) is -3.67. The molecule has 0 aromatic rings. The van der Waals surface area contributed by atoms with Crippen LogP contribution in [0, 0.1) is 23.7 Å². The van der Waals surface area contributed by atoms with Crippen LogP contribution < -0.4 is 0 Å². The summed E-state index contributed by atoms with van der Waals surface area (Å²) in [5.41, 5.74) is 0. The molecule has 4 unspecified atom stereocenters. The monoisotopic (exact) mass is 266 g/mol. The lowest BCUT2D eigenvalue weighted by Crippen LogP contribution is -2.37. The molecule has 2 saturated heterocycles. The Morgan fingerprint density at radius 2 is 0.895 bits per heavy atom. The van der Waals surface area contributed by atoms with Crippen LogP contribution in [0.3, 0.4) is 0 Å². The van der Waals surface area contributed by atoms with Crippen molar-refractivity contribution in [3.63, 3.8) is 0 Å². The number of hydrogen-bond donors (Lipinski definition) is 0. The van der Waals surface area contributed by atoms with Crippen LogP contribution in [0.1, 0.15) is 32.1 Å². The molecule has 2 aliphatic heterocycles. The Bertz CT molecular complexity index is 426. The normalized spacial score (nSPS) is 38.7. The van der Waals surface area contributed by atoms with Crippen molar-refractivity contribution in [2.24, 2.45) is 23.7 Å². The minimum absolute atomic E-state index is 0.311. The number of hydrogen-bond acceptors (Lipinski definition) is 6. The van der Waals surface area contributed by atoms with Gasteiger partial charge in [0.25, 0.3) is 0 Å². The predicted molar refractivity (Wildman–Crippen MR) is 59.2 cm³/mol. The van der Waals surface area contributed by atoms with Gasteiger partial charge in [-0.1, -0.05) is 0 Å². The zero-order valence-corrected chi connectivity index (χ0v) is 10.3. The summed E-state index contributed by atoms with van der Waals surface area (Å²) in [6.07, 6.45) is 2.16. The second-order valence-corrected chi connectivity index (χ2v) is 5.55. The summed E-state index contributed by atoms with van der Waals surface area (Å²) in [6, 6.07) is 0. The summed E-state index contributed by atoms with van der Waals surface area (Å²) in [7, 11) is 0. The zero-order valence-electron chi connectivity index (χ0n) is 10.3. The highest BCUT2D eigenvalue weighted by Crippen LogP contribution is 2.38. The molecule has 2 heterocycles. The second kappa shape index (κ2) is 4.43. The van der Waals surface area contributed by atoms with Crippen LogP contribution in [0.25, 0.3) is 0 Å². The molecule has 0 radical (unpaired) electrons. The van der Waals surface area contributed by atoms with Crippen molar-refractivity contribution in [1.29, 1.82) is 0 Å². The molecule has 1 saturated carbocycles. The summed E-state index contributed by atoms with van der Waals surface area (Å²) in [6.45, 7) is 0. The van der Waals surface area contributed by atoms with Gasteiger partial charge in [0.1, 0.15) is 0 Å². The maximum absolute atomic E-state index is 11.7. The molecule has 3 aliphatic rings. The topological polar surface area (TPSA) is 86.7 Å². The zero-order chi connectivity index (χ0) is 13.6. The van der Waals surface area contributed by atoms with Crippen LogP contribution in [0.15, 0.2) is 0 Å². The van der Waals surface area contributed by atoms with Gasteiger partial charge in [-0.15, -0.1) is 0 Å². The lowest BCUT2D eigenvalue weighted by atomic mass is 9.83. The van der Waals surface area contributed by atoms with E-state index < -0.39 is 35.7 Å². The molecular formula is C13H14O6. The van der Waals surface area contributed by atoms with Crippen molar-refractivity contribution in [3.8, 4) is 0 Å². The Labute approximate surface area is 109 Å². The van der Waals surface area contributed by atoms with Gasteiger partial charge in [-0.05, 0) is 32.1 Å². The van der Waals surface area contributed by atoms with Gasteiger partial charge in [-0.3, -0.25) is 19.2 Å². The molecule has 3 rings (SSSR count). The van der Waals surface area contributed by atoms with Crippen molar-refractivity contribution in [3.05, 3.63) is 0 Å². The van der Waals surface area contributed by atoms with E-state index in [1.807, 2.05) is 0 Å². The average Bonchev–Trinajstić information content (AvgIpc) is 2.42. The summed E-state index contributed by atoms with van der Waals surface area (Å²) in [4.78, 5) is 46.5. The molecular weight excluding hydrogens is 252 g/mol. The summed E-state index contributed by atoms with van der Waals surface area (Å²) < 4.78 is 9.48. The van der Waals surface area contributed by atoms with Gasteiger partial charge < -0.3 is 9.47 Å². The van der Waals surface area contributed by atoms with Crippen LogP contribution in [0.2, 0.25) is 0 Å². The fourth-order valence-electron chi connectivity index (χ4n) is 3.21. The van der Waals surface area contributed by atoms with E-state index in [4.69, 9.17) is 9.47 Å². The highest BCUT2D eigenvalue weighted by molar-refractivity contribution is 5.93. The largest absolute Gasteiger partial charge is 0.393 e.